The van der Waals surface area contributed by atoms with Gasteiger partial charge in [-0.25, -0.2) is 13.4 Å². The predicted octanol–water partition coefficient (Wildman–Crippen LogP) is 1.63. The average molecular weight is 363 g/mol. The zero-order chi connectivity index (χ0) is 17.8. The lowest BCUT2D eigenvalue weighted by Crippen LogP contribution is -2.47. The molecule has 1 aromatic heterocycles. The Morgan fingerprint density at radius 2 is 2.04 bits per heavy atom. The number of carbonyl (C=O) groups is 1. The van der Waals surface area contributed by atoms with E-state index in [1.807, 2.05) is 4.90 Å². The minimum atomic E-state index is -3.24. The van der Waals surface area contributed by atoms with Crippen molar-refractivity contribution < 1.29 is 17.6 Å². The lowest BCUT2D eigenvalue weighted by atomic mass is 9.94. The average Bonchev–Trinajstić information content (AvgIpc) is 2.72. The SMILES string of the molecule is Cc1nc2ccc(C(=O)N3C[C@H]4CC[C@@H]3CN(S(C)(=O)=O)C4)cc2o1. The van der Waals surface area contributed by atoms with E-state index in [1.54, 1.807) is 25.1 Å². The first-order valence-electron chi connectivity index (χ1n) is 8.44. The van der Waals surface area contributed by atoms with Crippen LogP contribution in [0.3, 0.4) is 0 Å². The first-order chi connectivity index (χ1) is 11.8. The zero-order valence-electron chi connectivity index (χ0n) is 14.3. The van der Waals surface area contributed by atoms with Gasteiger partial charge in [0.25, 0.3) is 5.91 Å². The number of hydrogen-bond acceptors (Lipinski definition) is 5. The van der Waals surface area contributed by atoms with Gasteiger partial charge in [-0.3, -0.25) is 4.79 Å². The van der Waals surface area contributed by atoms with Crippen molar-refractivity contribution in [3.8, 4) is 0 Å². The molecule has 7 nitrogen and oxygen atoms in total. The smallest absolute Gasteiger partial charge is 0.254 e. The van der Waals surface area contributed by atoms with Crippen molar-refractivity contribution in [2.24, 2.45) is 5.92 Å². The molecule has 0 aliphatic carbocycles. The fourth-order valence-corrected chi connectivity index (χ4v) is 4.82. The van der Waals surface area contributed by atoms with E-state index in [0.29, 0.717) is 36.7 Å². The van der Waals surface area contributed by atoms with E-state index in [9.17, 15) is 13.2 Å². The number of hydrogen-bond donors (Lipinski definition) is 0. The third-order valence-electron chi connectivity index (χ3n) is 5.15. The van der Waals surface area contributed by atoms with Crippen LogP contribution in [0.2, 0.25) is 0 Å². The van der Waals surface area contributed by atoms with Gasteiger partial charge in [0.2, 0.25) is 10.0 Å². The minimum absolute atomic E-state index is 0.0685. The summed E-state index contributed by atoms with van der Waals surface area (Å²) in [5.74, 6) is 0.687. The molecule has 0 unspecified atom stereocenters. The molecular weight excluding hydrogens is 342 g/mol. The Bertz CT molecular complexity index is 937. The summed E-state index contributed by atoms with van der Waals surface area (Å²) in [5, 5.41) is 0. The molecule has 0 N–H and O–H groups in total. The second-order valence-electron chi connectivity index (χ2n) is 7.05. The molecule has 4 heterocycles. The lowest BCUT2D eigenvalue weighted by molar-refractivity contribution is 0.0589. The molecule has 2 bridgehead atoms. The van der Waals surface area contributed by atoms with E-state index in [0.717, 1.165) is 18.4 Å². The third-order valence-corrected chi connectivity index (χ3v) is 6.39. The van der Waals surface area contributed by atoms with Crippen LogP contribution in [-0.4, -0.2) is 60.4 Å². The number of aromatic nitrogens is 1. The van der Waals surface area contributed by atoms with Crippen molar-refractivity contribution in [2.75, 3.05) is 25.9 Å². The number of oxazole rings is 1. The maximum absolute atomic E-state index is 13.0. The molecule has 0 spiro atoms. The van der Waals surface area contributed by atoms with Crippen molar-refractivity contribution in [1.82, 2.24) is 14.2 Å². The van der Waals surface area contributed by atoms with Gasteiger partial charge in [0, 0.05) is 38.2 Å². The molecule has 8 heteroatoms. The summed E-state index contributed by atoms with van der Waals surface area (Å²) in [6.07, 6.45) is 3.04. The Labute approximate surface area is 146 Å². The normalized spacial score (nSPS) is 24.6. The summed E-state index contributed by atoms with van der Waals surface area (Å²) < 4.78 is 31.0. The molecule has 2 aromatic rings. The predicted molar refractivity (Wildman–Crippen MR) is 92.7 cm³/mol. The van der Waals surface area contributed by atoms with E-state index in [2.05, 4.69) is 4.98 Å². The molecule has 3 aliphatic rings. The zero-order valence-corrected chi connectivity index (χ0v) is 15.1. The molecule has 3 saturated heterocycles. The monoisotopic (exact) mass is 363 g/mol. The van der Waals surface area contributed by atoms with Crippen LogP contribution in [0.4, 0.5) is 0 Å². The number of benzene rings is 1. The number of amides is 1. The summed E-state index contributed by atoms with van der Waals surface area (Å²) in [4.78, 5) is 19.1. The van der Waals surface area contributed by atoms with Gasteiger partial charge >= 0.3 is 0 Å². The van der Waals surface area contributed by atoms with Crippen LogP contribution < -0.4 is 0 Å². The molecule has 3 fully saturated rings. The highest BCUT2D eigenvalue weighted by molar-refractivity contribution is 7.88. The Kier molecular flexibility index (Phi) is 3.84. The standard InChI is InChI=1S/C17H21N3O4S/c1-11-18-15-6-4-13(7-16(15)24-11)17(21)20-9-12-3-5-14(20)10-19(8-12)25(2,22)23/h4,6-7,12,14H,3,5,8-10H2,1-2H3/t12-,14+/m0/s1. The molecular formula is C17H21N3O4S. The van der Waals surface area contributed by atoms with Crippen molar-refractivity contribution in [2.45, 2.75) is 25.8 Å². The largest absolute Gasteiger partial charge is 0.441 e. The van der Waals surface area contributed by atoms with Crippen LogP contribution >= 0.6 is 0 Å². The van der Waals surface area contributed by atoms with Gasteiger partial charge in [-0.1, -0.05) is 0 Å². The molecule has 5 rings (SSSR count). The second kappa shape index (κ2) is 5.81. The van der Waals surface area contributed by atoms with Crippen LogP contribution in [0.5, 0.6) is 0 Å². The van der Waals surface area contributed by atoms with Gasteiger partial charge in [0.15, 0.2) is 11.5 Å². The van der Waals surface area contributed by atoms with Crippen LogP contribution in [0.15, 0.2) is 22.6 Å². The fourth-order valence-electron chi connectivity index (χ4n) is 3.90. The molecule has 134 valence electrons. The third kappa shape index (κ3) is 3.04. The number of aryl methyl sites for hydroxylation is 1. The maximum atomic E-state index is 13.0. The highest BCUT2D eigenvalue weighted by Gasteiger charge is 2.39. The molecule has 3 aliphatic heterocycles. The summed E-state index contributed by atoms with van der Waals surface area (Å²) in [6.45, 7) is 3.25. The van der Waals surface area contributed by atoms with Crippen molar-refractivity contribution in [3.63, 3.8) is 0 Å². The van der Waals surface area contributed by atoms with Gasteiger partial charge < -0.3 is 9.32 Å². The van der Waals surface area contributed by atoms with Gasteiger partial charge in [-0.15, -0.1) is 0 Å². The van der Waals surface area contributed by atoms with Crippen LogP contribution in [0.25, 0.3) is 11.1 Å². The fraction of sp³-hybridized carbons (Fsp3) is 0.529. The highest BCUT2D eigenvalue weighted by atomic mass is 32.2. The Hall–Kier alpha value is -1.93. The number of fused-ring (bicyclic) bond motifs is 5. The Balaban J connectivity index is 1.63. The van der Waals surface area contributed by atoms with Crippen molar-refractivity contribution in [1.29, 1.82) is 0 Å². The number of piperidine rings is 1. The second-order valence-corrected chi connectivity index (χ2v) is 9.03. The first-order valence-corrected chi connectivity index (χ1v) is 10.3. The molecule has 0 saturated carbocycles. The number of carbonyl (C=O) groups excluding carboxylic acids is 1. The topological polar surface area (TPSA) is 83.7 Å². The van der Waals surface area contributed by atoms with Crippen LogP contribution in [-0.2, 0) is 10.0 Å². The molecule has 0 radical (unpaired) electrons. The van der Waals surface area contributed by atoms with Crippen LogP contribution in [0.1, 0.15) is 29.1 Å². The van der Waals surface area contributed by atoms with E-state index < -0.39 is 10.0 Å². The number of nitrogens with zero attached hydrogens (tertiary/aromatic N) is 3. The quantitative estimate of drug-likeness (QED) is 0.810. The van der Waals surface area contributed by atoms with Gasteiger partial charge in [-0.05, 0) is 37.0 Å². The minimum Gasteiger partial charge on any atom is -0.441 e. The number of sulfonamides is 1. The summed E-state index contributed by atoms with van der Waals surface area (Å²) in [5.41, 5.74) is 1.89. The molecule has 25 heavy (non-hydrogen) atoms. The Morgan fingerprint density at radius 3 is 2.80 bits per heavy atom. The maximum Gasteiger partial charge on any atom is 0.254 e. The summed E-state index contributed by atoms with van der Waals surface area (Å²) in [6, 6.07) is 5.20. The van der Waals surface area contributed by atoms with Gasteiger partial charge in [0.05, 0.1) is 6.26 Å². The van der Waals surface area contributed by atoms with E-state index in [1.165, 1.54) is 10.6 Å². The van der Waals surface area contributed by atoms with E-state index >= 15 is 0 Å². The van der Waals surface area contributed by atoms with E-state index in [4.69, 9.17) is 4.42 Å². The summed E-state index contributed by atoms with van der Waals surface area (Å²) >= 11 is 0. The van der Waals surface area contributed by atoms with Crippen LogP contribution in [0, 0.1) is 12.8 Å². The molecule has 1 aromatic carbocycles. The highest BCUT2D eigenvalue weighted by Crippen LogP contribution is 2.30. The van der Waals surface area contributed by atoms with Gasteiger partial charge in [-0.2, -0.15) is 4.31 Å². The van der Waals surface area contributed by atoms with Gasteiger partial charge in [0.1, 0.15) is 5.52 Å². The van der Waals surface area contributed by atoms with Crippen molar-refractivity contribution >= 4 is 27.0 Å². The molecule has 2 atom stereocenters. The van der Waals surface area contributed by atoms with Crippen molar-refractivity contribution in [3.05, 3.63) is 29.7 Å². The summed E-state index contributed by atoms with van der Waals surface area (Å²) in [7, 11) is -3.24. The van der Waals surface area contributed by atoms with E-state index in [-0.39, 0.29) is 17.9 Å². The Morgan fingerprint density at radius 1 is 1.24 bits per heavy atom. The molecule has 1 amide bonds. The number of rotatable bonds is 2. The first kappa shape index (κ1) is 16.5. The lowest BCUT2D eigenvalue weighted by Gasteiger charge is -2.36.